The summed E-state index contributed by atoms with van der Waals surface area (Å²) in [5, 5.41) is 2.96. The zero-order valence-corrected chi connectivity index (χ0v) is 20.2. The van der Waals surface area contributed by atoms with Crippen LogP contribution in [0.15, 0.2) is 83.3 Å². The quantitative estimate of drug-likeness (QED) is 0.402. The fraction of sp³-hybridized carbons (Fsp3) is 0.259. The molecule has 2 amide bonds. The maximum atomic E-state index is 13.5. The van der Waals surface area contributed by atoms with Crippen molar-refractivity contribution in [1.29, 1.82) is 0 Å². The smallest absolute Gasteiger partial charge is 0.243 e. The Morgan fingerprint density at radius 2 is 1.55 bits per heavy atom. The lowest BCUT2D eigenvalue weighted by Crippen LogP contribution is -2.51. The van der Waals surface area contributed by atoms with E-state index in [1.807, 2.05) is 61.5 Å². The number of hydrogen-bond donors (Lipinski definition) is 1. The lowest BCUT2D eigenvalue weighted by Gasteiger charge is -2.31. The molecule has 0 saturated carbocycles. The summed E-state index contributed by atoms with van der Waals surface area (Å²) in [6.07, 6.45) is 1.30. The number of hydrogen-bond acceptors (Lipinski definition) is 2. The van der Waals surface area contributed by atoms with Gasteiger partial charge in [-0.3, -0.25) is 9.59 Å². The Hall–Kier alpha value is -2.99. The largest absolute Gasteiger partial charge is 0.354 e. The molecule has 33 heavy (non-hydrogen) atoms. The summed E-state index contributed by atoms with van der Waals surface area (Å²) in [7, 11) is 0. The van der Waals surface area contributed by atoms with E-state index in [0.29, 0.717) is 25.1 Å². The fourth-order valence-corrected chi connectivity index (χ4v) is 3.85. The molecular weight excluding hydrogens is 483 g/mol. The summed E-state index contributed by atoms with van der Waals surface area (Å²) >= 11 is 3.44. The van der Waals surface area contributed by atoms with Crippen molar-refractivity contribution in [3.63, 3.8) is 0 Å². The van der Waals surface area contributed by atoms with Crippen LogP contribution in [0.5, 0.6) is 0 Å². The van der Waals surface area contributed by atoms with Gasteiger partial charge in [0.25, 0.3) is 0 Å². The SMILES string of the molecule is CCCNC(=O)[C@H](Cc1ccccc1)N(Cc1ccc(Br)cc1)C(=O)Cc1ccc(F)cc1. The first kappa shape index (κ1) is 24.6. The van der Waals surface area contributed by atoms with Crippen LogP contribution in [0.4, 0.5) is 4.39 Å². The number of amides is 2. The highest BCUT2D eigenvalue weighted by Crippen LogP contribution is 2.18. The molecule has 1 N–H and O–H groups in total. The van der Waals surface area contributed by atoms with Gasteiger partial charge in [-0.15, -0.1) is 0 Å². The van der Waals surface area contributed by atoms with Gasteiger partial charge in [-0.1, -0.05) is 77.5 Å². The van der Waals surface area contributed by atoms with Crippen LogP contribution in [-0.4, -0.2) is 29.3 Å². The lowest BCUT2D eigenvalue weighted by atomic mass is 10.0. The molecule has 3 aromatic rings. The molecule has 0 bridgehead atoms. The van der Waals surface area contributed by atoms with E-state index in [1.54, 1.807) is 17.0 Å². The van der Waals surface area contributed by atoms with Gasteiger partial charge in [0, 0.05) is 24.0 Å². The third kappa shape index (κ3) is 7.53. The molecule has 4 nitrogen and oxygen atoms in total. The topological polar surface area (TPSA) is 49.4 Å². The molecule has 0 fully saturated rings. The lowest BCUT2D eigenvalue weighted by molar-refractivity contribution is -0.140. The molecule has 3 aromatic carbocycles. The highest BCUT2D eigenvalue weighted by atomic mass is 79.9. The third-order valence-corrected chi connectivity index (χ3v) is 5.88. The van der Waals surface area contributed by atoms with E-state index in [1.165, 1.54) is 12.1 Å². The molecule has 0 aromatic heterocycles. The van der Waals surface area contributed by atoms with Crippen molar-refractivity contribution in [2.45, 2.75) is 38.8 Å². The number of benzene rings is 3. The van der Waals surface area contributed by atoms with Crippen molar-refractivity contribution in [3.8, 4) is 0 Å². The van der Waals surface area contributed by atoms with Crippen molar-refractivity contribution in [2.24, 2.45) is 0 Å². The van der Waals surface area contributed by atoms with Gasteiger partial charge in [-0.25, -0.2) is 4.39 Å². The van der Waals surface area contributed by atoms with Crippen LogP contribution in [0.2, 0.25) is 0 Å². The first-order valence-electron chi connectivity index (χ1n) is 11.1. The van der Waals surface area contributed by atoms with Gasteiger partial charge in [0.05, 0.1) is 6.42 Å². The third-order valence-electron chi connectivity index (χ3n) is 5.36. The van der Waals surface area contributed by atoms with Crippen LogP contribution >= 0.6 is 15.9 Å². The minimum absolute atomic E-state index is 0.0865. The number of nitrogens with one attached hydrogen (secondary N) is 1. The number of halogens is 2. The second-order valence-corrected chi connectivity index (χ2v) is 8.86. The highest BCUT2D eigenvalue weighted by molar-refractivity contribution is 9.10. The Kier molecular flexibility index (Phi) is 9.19. The first-order chi connectivity index (χ1) is 16.0. The predicted octanol–water partition coefficient (Wildman–Crippen LogP) is 5.30. The molecule has 0 aliphatic rings. The minimum Gasteiger partial charge on any atom is -0.354 e. The molecule has 0 spiro atoms. The Morgan fingerprint density at radius 3 is 2.18 bits per heavy atom. The first-order valence-corrected chi connectivity index (χ1v) is 11.9. The predicted molar refractivity (Wildman–Crippen MR) is 132 cm³/mol. The van der Waals surface area contributed by atoms with Gasteiger partial charge in [-0.2, -0.15) is 0 Å². The van der Waals surface area contributed by atoms with E-state index in [2.05, 4.69) is 21.2 Å². The van der Waals surface area contributed by atoms with Crippen molar-refractivity contribution in [3.05, 3.63) is 106 Å². The van der Waals surface area contributed by atoms with Crippen molar-refractivity contribution in [1.82, 2.24) is 10.2 Å². The van der Waals surface area contributed by atoms with E-state index in [0.717, 1.165) is 22.0 Å². The Balaban J connectivity index is 1.93. The van der Waals surface area contributed by atoms with Gasteiger partial charge in [0.1, 0.15) is 11.9 Å². The maximum absolute atomic E-state index is 13.5. The minimum atomic E-state index is -0.671. The molecule has 172 valence electrons. The molecule has 0 radical (unpaired) electrons. The summed E-state index contributed by atoms with van der Waals surface area (Å²) < 4.78 is 14.3. The summed E-state index contributed by atoms with van der Waals surface area (Å²) in [6.45, 7) is 2.83. The molecule has 1 atom stereocenters. The molecule has 6 heteroatoms. The number of nitrogens with zero attached hydrogens (tertiary/aromatic N) is 1. The standard InChI is InChI=1S/C27H28BrFN2O2/c1-2-16-30-27(33)25(17-20-6-4-3-5-7-20)31(19-22-8-12-23(28)13-9-22)26(32)18-21-10-14-24(29)15-11-21/h3-15,25H,2,16-19H2,1H3,(H,30,33)/t25-/m0/s1. The molecule has 0 heterocycles. The average Bonchev–Trinajstić information content (AvgIpc) is 2.83. The van der Waals surface area contributed by atoms with Gasteiger partial charge in [0.15, 0.2) is 0 Å². The monoisotopic (exact) mass is 510 g/mol. The second-order valence-electron chi connectivity index (χ2n) is 7.95. The van der Waals surface area contributed by atoms with E-state index >= 15 is 0 Å². The zero-order chi connectivity index (χ0) is 23.6. The Labute approximate surface area is 202 Å². The van der Waals surface area contributed by atoms with Crippen molar-refractivity contribution < 1.29 is 14.0 Å². The van der Waals surface area contributed by atoms with Crippen LogP contribution in [0.1, 0.15) is 30.0 Å². The Bertz CT molecular complexity index is 1040. The highest BCUT2D eigenvalue weighted by Gasteiger charge is 2.30. The van der Waals surface area contributed by atoms with Crippen LogP contribution < -0.4 is 5.32 Å². The van der Waals surface area contributed by atoms with Crippen LogP contribution in [-0.2, 0) is 29.0 Å². The normalized spacial score (nSPS) is 11.6. The van der Waals surface area contributed by atoms with Gasteiger partial charge < -0.3 is 10.2 Å². The van der Waals surface area contributed by atoms with E-state index in [9.17, 15) is 14.0 Å². The van der Waals surface area contributed by atoms with Crippen LogP contribution in [0, 0.1) is 5.82 Å². The number of carbonyl (C=O) groups excluding carboxylic acids is 2. The molecule has 0 aliphatic carbocycles. The maximum Gasteiger partial charge on any atom is 0.243 e. The van der Waals surface area contributed by atoms with E-state index in [-0.39, 0.29) is 24.1 Å². The zero-order valence-electron chi connectivity index (χ0n) is 18.6. The average molecular weight is 511 g/mol. The molecule has 3 rings (SSSR count). The second kappa shape index (κ2) is 12.3. The summed E-state index contributed by atoms with van der Waals surface area (Å²) in [4.78, 5) is 28.4. The molecule has 0 saturated heterocycles. The molecule has 0 aliphatic heterocycles. The van der Waals surface area contributed by atoms with Gasteiger partial charge in [0.2, 0.25) is 11.8 Å². The fourth-order valence-electron chi connectivity index (χ4n) is 3.58. The van der Waals surface area contributed by atoms with E-state index in [4.69, 9.17) is 0 Å². The molecular formula is C27H28BrFN2O2. The van der Waals surface area contributed by atoms with Crippen LogP contribution in [0.3, 0.4) is 0 Å². The number of carbonyl (C=O) groups is 2. The number of rotatable bonds is 10. The summed E-state index contributed by atoms with van der Waals surface area (Å²) in [5.74, 6) is -0.707. The van der Waals surface area contributed by atoms with E-state index < -0.39 is 6.04 Å². The summed E-state index contributed by atoms with van der Waals surface area (Å²) in [6, 6.07) is 22.6. The van der Waals surface area contributed by atoms with Gasteiger partial charge >= 0.3 is 0 Å². The summed E-state index contributed by atoms with van der Waals surface area (Å²) in [5.41, 5.74) is 2.60. The Morgan fingerprint density at radius 1 is 0.909 bits per heavy atom. The van der Waals surface area contributed by atoms with Crippen molar-refractivity contribution in [2.75, 3.05) is 6.54 Å². The van der Waals surface area contributed by atoms with Gasteiger partial charge in [-0.05, 0) is 47.4 Å². The van der Waals surface area contributed by atoms with Crippen LogP contribution in [0.25, 0.3) is 0 Å². The molecule has 0 unspecified atom stereocenters. The van der Waals surface area contributed by atoms with Crippen molar-refractivity contribution >= 4 is 27.7 Å².